The molecule has 24 heavy (non-hydrogen) atoms. The zero-order chi connectivity index (χ0) is 16.7. The van der Waals surface area contributed by atoms with Gasteiger partial charge < -0.3 is 14.7 Å². The molecule has 6 heteroatoms. The van der Waals surface area contributed by atoms with Gasteiger partial charge in [0.25, 0.3) is 0 Å². The molecule has 0 radical (unpaired) electrons. The number of carbonyl (C=O) groups excluding carboxylic acids is 1. The van der Waals surface area contributed by atoms with Crippen LogP contribution in [0.25, 0.3) is 10.9 Å². The van der Waals surface area contributed by atoms with Crippen molar-refractivity contribution in [3.63, 3.8) is 0 Å². The molecule has 2 fully saturated rings. The second kappa shape index (κ2) is 5.86. The maximum absolute atomic E-state index is 12.9. The number of amides is 1. The van der Waals surface area contributed by atoms with Crippen LogP contribution in [-0.4, -0.2) is 57.5 Å². The molecule has 1 amide bonds. The molecule has 0 spiro atoms. The summed E-state index contributed by atoms with van der Waals surface area (Å²) in [7, 11) is 1.72. The third-order valence-corrected chi connectivity index (χ3v) is 5.75. The number of aliphatic hydroxyl groups is 1. The Balaban J connectivity index is 1.56. The third kappa shape index (κ3) is 2.41. The first-order chi connectivity index (χ1) is 11.6. The molecule has 2 aliphatic rings. The minimum absolute atomic E-state index is 0.0343. The summed E-state index contributed by atoms with van der Waals surface area (Å²) < 4.78 is 5.81. The Labute approximate surface area is 140 Å². The summed E-state index contributed by atoms with van der Waals surface area (Å²) in [6.07, 6.45) is 2.95. The lowest BCUT2D eigenvalue weighted by molar-refractivity contribution is -0.139. The van der Waals surface area contributed by atoms with Gasteiger partial charge in [-0.25, -0.2) is 0 Å². The average molecular weight is 329 g/mol. The number of aromatic amines is 1. The summed E-state index contributed by atoms with van der Waals surface area (Å²) in [6.45, 7) is 0.691. The molecule has 1 saturated carbocycles. The van der Waals surface area contributed by atoms with Gasteiger partial charge in [-0.15, -0.1) is 0 Å². The molecule has 2 heterocycles. The number of ether oxygens (including phenoxy) is 1. The molecule has 1 aromatic carbocycles. The van der Waals surface area contributed by atoms with E-state index in [1.165, 1.54) is 0 Å². The lowest BCUT2D eigenvalue weighted by atomic mass is 9.79. The number of methoxy groups -OCH3 is 1. The summed E-state index contributed by atoms with van der Waals surface area (Å²) in [4.78, 5) is 14.8. The summed E-state index contributed by atoms with van der Waals surface area (Å²) in [5, 5.41) is 18.3. The van der Waals surface area contributed by atoms with Gasteiger partial charge in [0.05, 0.1) is 35.4 Å². The number of aromatic nitrogens is 2. The van der Waals surface area contributed by atoms with Gasteiger partial charge in [0, 0.05) is 19.0 Å². The van der Waals surface area contributed by atoms with Gasteiger partial charge in [-0.3, -0.25) is 9.89 Å². The van der Waals surface area contributed by atoms with Crippen molar-refractivity contribution >= 4 is 16.8 Å². The normalized spacial score (nSPS) is 29.8. The van der Waals surface area contributed by atoms with E-state index < -0.39 is 0 Å². The molecule has 128 valence electrons. The van der Waals surface area contributed by atoms with Crippen LogP contribution in [0.2, 0.25) is 0 Å². The van der Waals surface area contributed by atoms with Crippen LogP contribution in [0.1, 0.15) is 31.4 Å². The van der Waals surface area contributed by atoms with E-state index in [0.717, 1.165) is 35.9 Å². The van der Waals surface area contributed by atoms with Gasteiger partial charge in [-0.05, 0) is 31.7 Å². The summed E-state index contributed by atoms with van der Waals surface area (Å²) >= 11 is 0. The molecule has 3 atom stereocenters. The summed E-state index contributed by atoms with van der Waals surface area (Å²) in [6, 6.07) is 7.77. The number of carbonyl (C=O) groups is 1. The quantitative estimate of drug-likeness (QED) is 0.897. The van der Waals surface area contributed by atoms with Gasteiger partial charge in [0.15, 0.2) is 0 Å². The van der Waals surface area contributed by atoms with Gasteiger partial charge in [0.1, 0.15) is 0 Å². The van der Waals surface area contributed by atoms with Crippen LogP contribution in [0.15, 0.2) is 24.3 Å². The van der Waals surface area contributed by atoms with E-state index in [0.29, 0.717) is 19.4 Å². The van der Waals surface area contributed by atoms with E-state index in [9.17, 15) is 9.90 Å². The summed E-state index contributed by atoms with van der Waals surface area (Å²) in [5.41, 5.74) is 1.44. The molecule has 1 saturated heterocycles. The number of fused-ring (bicyclic) bond motifs is 2. The topological polar surface area (TPSA) is 78.5 Å². The van der Waals surface area contributed by atoms with Crippen LogP contribution in [0, 0.1) is 0 Å². The molecule has 0 bridgehead atoms. The van der Waals surface area contributed by atoms with E-state index in [1.54, 1.807) is 7.11 Å². The highest BCUT2D eigenvalue weighted by Crippen LogP contribution is 2.42. The number of nitrogens with one attached hydrogen (secondary N) is 1. The number of likely N-dealkylation sites (tertiary alicyclic amines) is 1. The van der Waals surface area contributed by atoms with Gasteiger partial charge in [0.2, 0.25) is 5.91 Å². The maximum atomic E-state index is 12.9. The van der Waals surface area contributed by atoms with Crippen molar-refractivity contribution in [3.05, 3.63) is 30.0 Å². The van der Waals surface area contributed by atoms with E-state index in [1.807, 2.05) is 29.2 Å². The standard InChI is InChI=1S/C18H23N3O3/c1-24-18-7-6-12(22)10-16(18)21(9-8-18)17(23)11-15-13-4-2-3-5-14(13)19-20-15/h2-5,12,16,22H,6-11H2,1H3,(H,19,20)/t12-,16-,18+/m0/s1. The second-order valence-electron chi connectivity index (χ2n) is 6.95. The molecule has 0 unspecified atom stereocenters. The fourth-order valence-corrected chi connectivity index (χ4v) is 4.38. The average Bonchev–Trinajstić information content (AvgIpc) is 3.17. The Morgan fingerprint density at radius 3 is 3.12 bits per heavy atom. The molecule has 4 rings (SSSR count). The number of aliphatic hydroxyl groups excluding tert-OH is 1. The lowest BCUT2D eigenvalue weighted by Gasteiger charge is -2.42. The molecular formula is C18H23N3O3. The number of nitrogens with zero attached hydrogens (tertiary/aromatic N) is 2. The van der Waals surface area contributed by atoms with Crippen LogP contribution >= 0.6 is 0 Å². The summed E-state index contributed by atoms with van der Waals surface area (Å²) in [5.74, 6) is 0.0717. The Bertz CT molecular complexity index is 759. The fourth-order valence-electron chi connectivity index (χ4n) is 4.38. The predicted molar refractivity (Wildman–Crippen MR) is 89.5 cm³/mol. The SMILES string of the molecule is CO[C@@]12CC[C@H](O)C[C@@H]1N(C(=O)Cc1[nH]nc3ccccc13)CC2. The van der Waals surface area contributed by atoms with E-state index in [4.69, 9.17) is 4.74 Å². The van der Waals surface area contributed by atoms with Gasteiger partial charge in [-0.2, -0.15) is 5.10 Å². The Hall–Kier alpha value is -1.92. The number of hydrogen-bond acceptors (Lipinski definition) is 4. The van der Waals surface area contributed by atoms with E-state index >= 15 is 0 Å². The van der Waals surface area contributed by atoms with E-state index in [2.05, 4.69) is 10.2 Å². The van der Waals surface area contributed by atoms with Gasteiger partial charge in [-0.1, -0.05) is 18.2 Å². The first-order valence-electron chi connectivity index (χ1n) is 8.57. The zero-order valence-corrected chi connectivity index (χ0v) is 13.9. The van der Waals surface area contributed by atoms with Crippen LogP contribution in [0.3, 0.4) is 0 Å². The van der Waals surface area contributed by atoms with Crippen molar-refractivity contribution < 1.29 is 14.6 Å². The van der Waals surface area contributed by atoms with Gasteiger partial charge >= 0.3 is 0 Å². The van der Waals surface area contributed by atoms with Crippen LogP contribution in [0.5, 0.6) is 0 Å². The Kier molecular flexibility index (Phi) is 3.81. The van der Waals surface area contributed by atoms with Crippen LogP contribution < -0.4 is 0 Å². The number of benzene rings is 1. The molecule has 6 nitrogen and oxygen atoms in total. The van der Waals surface area contributed by atoms with Crippen molar-refractivity contribution in [1.29, 1.82) is 0 Å². The lowest BCUT2D eigenvalue weighted by Crippen LogP contribution is -2.53. The highest BCUT2D eigenvalue weighted by molar-refractivity contribution is 5.87. The van der Waals surface area contributed by atoms with Crippen LogP contribution in [0.4, 0.5) is 0 Å². The monoisotopic (exact) mass is 329 g/mol. The zero-order valence-electron chi connectivity index (χ0n) is 13.9. The second-order valence-corrected chi connectivity index (χ2v) is 6.95. The Morgan fingerprint density at radius 2 is 2.29 bits per heavy atom. The largest absolute Gasteiger partial charge is 0.393 e. The molecule has 2 N–H and O–H groups in total. The minimum atomic E-state index is -0.348. The Morgan fingerprint density at radius 1 is 1.46 bits per heavy atom. The van der Waals surface area contributed by atoms with Crippen molar-refractivity contribution in [1.82, 2.24) is 15.1 Å². The number of para-hydroxylation sites is 1. The first-order valence-corrected chi connectivity index (χ1v) is 8.57. The minimum Gasteiger partial charge on any atom is -0.393 e. The smallest absolute Gasteiger partial charge is 0.228 e. The van der Waals surface area contributed by atoms with Crippen molar-refractivity contribution in [3.8, 4) is 0 Å². The number of H-pyrrole nitrogens is 1. The third-order valence-electron chi connectivity index (χ3n) is 5.75. The molecule has 2 aromatic rings. The van der Waals surface area contributed by atoms with E-state index in [-0.39, 0.29) is 23.7 Å². The maximum Gasteiger partial charge on any atom is 0.228 e. The number of rotatable bonds is 3. The van der Waals surface area contributed by atoms with Crippen molar-refractivity contribution in [2.75, 3.05) is 13.7 Å². The molecular weight excluding hydrogens is 306 g/mol. The predicted octanol–water partition coefficient (Wildman–Crippen LogP) is 1.64. The van der Waals surface area contributed by atoms with Crippen LogP contribution in [-0.2, 0) is 16.0 Å². The van der Waals surface area contributed by atoms with Crippen molar-refractivity contribution in [2.24, 2.45) is 0 Å². The fraction of sp³-hybridized carbons (Fsp3) is 0.556. The molecule has 1 aliphatic carbocycles. The molecule has 1 aromatic heterocycles. The van der Waals surface area contributed by atoms with Crippen molar-refractivity contribution in [2.45, 2.75) is 49.9 Å². The number of hydrogen-bond donors (Lipinski definition) is 2. The molecule has 1 aliphatic heterocycles. The highest BCUT2D eigenvalue weighted by Gasteiger charge is 2.52. The first kappa shape index (κ1) is 15.6. The highest BCUT2D eigenvalue weighted by atomic mass is 16.5.